The summed E-state index contributed by atoms with van der Waals surface area (Å²) >= 11 is 0. The predicted molar refractivity (Wildman–Crippen MR) is 47.4 cm³/mol. The van der Waals surface area contributed by atoms with Crippen molar-refractivity contribution in [1.29, 1.82) is 0 Å². The molecule has 0 spiro atoms. The number of cyclic esters (lactones) is 1. The highest BCUT2D eigenvalue weighted by Gasteiger charge is 2.69. The van der Waals surface area contributed by atoms with Crippen LogP contribution >= 0.6 is 0 Å². The molecule has 0 saturated carbocycles. The number of carbonyl (C=O) groups is 2. The van der Waals surface area contributed by atoms with Crippen LogP contribution in [0.15, 0.2) is 12.3 Å². The minimum atomic E-state index is -1.32. The van der Waals surface area contributed by atoms with Crippen LogP contribution in [0.4, 0.5) is 4.79 Å². The lowest BCUT2D eigenvalue weighted by Crippen LogP contribution is -2.53. The first-order valence-corrected chi connectivity index (χ1v) is 4.36. The Labute approximate surface area is 86.4 Å². The van der Waals surface area contributed by atoms with Gasteiger partial charge in [-0.05, 0) is 0 Å². The second kappa shape index (κ2) is 2.52. The summed E-state index contributed by atoms with van der Waals surface area (Å²) in [5.41, 5.74) is -1.32. The molecule has 0 aliphatic carbocycles. The lowest BCUT2D eigenvalue weighted by molar-refractivity contribution is -0.255. The van der Waals surface area contributed by atoms with Crippen LogP contribution in [0, 0.1) is 0 Å². The topological polar surface area (TPSA) is 65.1 Å². The van der Waals surface area contributed by atoms with E-state index in [0.29, 0.717) is 0 Å². The van der Waals surface area contributed by atoms with Crippen molar-refractivity contribution in [2.45, 2.75) is 25.4 Å². The number of carbonyl (C=O) groups excluding carboxylic acids is 2. The normalized spacial score (nSPS) is 39.1. The van der Waals surface area contributed by atoms with Gasteiger partial charge in [-0.2, -0.15) is 0 Å². The summed E-state index contributed by atoms with van der Waals surface area (Å²) in [6, 6.07) is 0. The van der Waals surface area contributed by atoms with Crippen LogP contribution in [0.25, 0.3) is 0 Å². The number of esters is 1. The third-order valence-electron chi connectivity index (χ3n) is 2.92. The van der Waals surface area contributed by atoms with E-state index in [-0.39, 0.29) is 5.70 Å². The molecule has 0 aromatic heterocycles. The van der Waals surface area contributed by atoms with Gasteiger partial charge in [-0.1, -0.05) is 6.58 Å². The van der Waals surface area contributed by atoms with Crippen molar-refractivity contribution < 1.29 is 23.8 Å². The van der Waals surface area contributed by atoms with Gasteiger partial charge in [0, 0.05) is 21.0 Å². The van der Waals surface area contributed by atoms with Gasteiger partial charge < -0.3 is 14.2 Å². The Morgan fingerprint density at radius 2 is 1.93 bits per heavy atom. The van der Waals surface area contributed by atoms with Gasteiger partial charge in [-0.15, -0.1) is 0 Å². The highest BCUT2D eigenvalue weighted by molar-refractivity contribution is 5.96. The van der Waals surface area contributed by atoms with Gasteiger partial charge in [0.15, 0.2) is 0 Å². The molecule has 2 atom stereocenters. The Balaban J connectivity index is 2.53. The third-order valence-corrected chi connectivity index (χ3v) is 2.92. The highest BCUT2D eigenvalue weighted by atomic mass is 16.8. The zero-order valence-corrected chi connectivity index (χ0v) is 8.70. The Bertz CT molecular complexity index is 379. The van der Waals surface area contributed by atoms with Gasteiger partial charge >= 0.3 is 12.1 Å². The molecular formula is C9H11NO5. The van der Waals surface area contributed by atoms with Crippen LogP contribution in [0.2, 0.25) is 0 Å². The standard InChI is InChI=1S/C9H11NO5/c1-5-6(11)14-8(2)9(3,13-4)15-7(12)10(5)8/h1H2,2-4H3/t8-,9+/m1/s1. The molecule has 2 aliphatic heterocycles. The number of rotatable bonds is 1. The van der Waals surface area contributed by atoms with E-state index in [4.69, 9.17) is 14.2 Å². The molecule has 82 valence electrons. The van der Waals surface area contributed by atoms with E-state index in [2.05, 4.69) is 6.58 Å². The fraction of sp³-hybridized carbons (Fsp3) is 0.556. The Kier molecular flexibility index (Phi) is 1.67. The molecule has 0 aromatic carbocycles. The summed E-state index contributed by atoms with van der Waals surface area (Å²) in [4.78, 5) is 23.9. The van der Waals surface area contributed by atoms with Crippen LogP contribution in [-0.2, 0) is 19.0 Å². The van der Waals surface area contributed by atoms with Crippen LogP contribution in [0.3, 0.4) is 0 Å². The summed E-state index contributed by atoms with van der Waals surface area (Å²) in [5, 5.41) is 0. The number of amides is 1. The number of nitrogens with zero attached hydrogens (tertiary/aromatic N) is 1. The number of hydrogen-bond acceptors (Lipinski definition) is 5. The van der Waals surface area contributed by atoms with Gasteiger partial charge in [0.1, 0.15) is 5.70 Å². The van der Waals surface area contributed by atoms with Crippen molar-refractivity contribution in [3.05, 3.63) is 12.3 Å². The van der Waals surface area contributed by atoms with E-state index in [0.717, 1.165) is 4.90 Å². The SMILES string of the molecule is C=C1C(=O)O[C@@]2(C)N1C(=O)O[C@]2(C)OC. The van der Waals surface area contributed by atoms with Crippen molar-refractivity contribution >= 4 is 12.1 Å². The van der Waals surface area contributed by atoms with Crippen molar-refractivity contribution in [3.63, 3.8) is 0 Å². The molecule has 6 nitrogen and oxygen atoms in total. The maximum Gasteiger partial charge on any atom is 0.420 e. The molecule has 1 amide bonds. The summed E-state index contributed by atoms with van der Waals surface area (Å²) < 4.78 is 15.2. The monoisotopic (exact) mass is 213 g/mol. The molecule has 2 saturated heterocycles. The first kappa shape index (κ1) is 9.97. The van der Waals surface area contributed by atoms with Crippen molar-refractivity contribution in [3.8, 4) is 0 Å². The minimum Gasteiger partial charge on any atom is -0.427 e. The fourth-order valence-electron chi connectivity index (χ4n) is 1.75. The summed E-state index contributed by atoms with van der Waals surface area (Å²) in [6.07, 6.45) is -0.697. The second-order valence-electron chi connectivity index (χ2n) is 3.67. The molecule has 6 heteroatoms. The third kappa shape index (κ3) is 0.918. The quantitative estimate of drug-likeness (QED) is 0.471. The van der Waals surface area contributed by atoms with Gasteiger partial charge in [-0.3, -0.25) is 0 Å². The molecular weight excluding hydrogens is 202 g/mol. The Morgan fingerprint density at radius 1 is 1.33 bits per heavy atom. The zero-order chi connectivity index (χ0) is 11.4. The minimum absolute atomic E-state index is 0.0386. The molecule has 2 rings (SSSR count). The van der Waals surface area contributed by atoms with Crippen LogP contribution in [-0.4, -0.2) is 35.6 Å². The summed E-state index contributed by atoms with van der Waals surface area (Å²) in [6.45, 7) is 6.53. The molecule has 0 N–H and O–H groups in total. The Hall–Kier alpha value is -1.56. The average Bonchev–Trinajstić information content (AvgIpc) is 2.48. The van der Waals surface area contributed by atoms with E-state index in [1.54, 1.807) is 0 Å². The average molecular weight is 213 g/mol. The van der Waals surface area contributed by atoms with Crippen molar-refractivity contribution in [2.75, 3.05) is 7.11 Å². The van der Waals surface area contributed by atoms with Gasteiger partial charge in [0.25, 0.3) is 11.5 Å². The molecule has 15 heavy (non-hydrogen) atoms. The van der Waals surface area contributed by atoms with Crippen LogP contribution < -0.4 is 0 Å². The predicted octanol–water partition coefficient (Wildman–Crippen LogP) is 0.588. The largest absolute Gasteiger partial charge is 0.427 e. The van der Waals surface area contributed by atoms with Gasteiger partial charge in [-0.25, -0.2) is 14.5 Å². The lowest BCUT2D eigenvalue weighted by Gasteiger charge is -2.33. The highest BCUT2D eigenvalue weighted by Crippen LogP contribution is 2.46. The number of ether oxygens (including phenoxy) is 3. The van der Waals surface area contributed by atoms with E-state index >= 15 is 0 Å². The maximum absolute atomic E-state index is 11.5. The molecule has 0 aromatic rings. The number of methoxy groups -OCH3 is 1. The smallest absolute Gasteiger partial charge is 0.420 e. The lowest BCUT2D eigenvalue weighted by atomic mass is 10.1. The molecule has 2 heterocycles. The number of fused-ring (bicyclic) bond motifs is 1. The Morgan fingerprint density at radius 3 is 2.47 bits per heavy atom. The molecule has 0 bridgehead atoms. The van der Waals surface area contributed by atoms with E-state index in [1.165, 1.54) is 21.0 Å². The first-order valence-electron chi connectivity index (χ1n) is 4.36. The summed E-state index contributed by atoms with van der Waals surface area (Å²) in [5.74, 6) is -1.96. The molecule has 2 fully saturated rings. The van der Waals surface area contributed by atoms with E-state index in [1.807, 2.05) is 0 Å². The van der Waals surface area contributed by atoms with Crippen LogP contribution in [0.1, 0.15) is 13.8 Å². The van der Waals surface area contributed by atoms with Gasteiger partial charge in [0.05, 0.1) is 0 Å². The molecule has 0 radical (unpaired) electrons. The number of hydrogen-bond donors (Lipinski definition) is 0. The second-order valence-corrected chi connectivity index (χ2v) is 3.67. The molecule has 0 unspecified atom stereocenters. The van der Waals surface area contributed by atoms with E-state index in [9.17, 15) is 9.59 Å². The summed E-state index contributed by atoms with van der Waals surface area (Å²) in [7, 11) is 1.37. The fourth-order valence-corrected chi connectivity index (χ4v) is 1.75. The maximum atomic E-state index is 11.5. The van der Waals surface area contributed by atoms with E-state index < -0.39 is 23.6 Å². The molecule has 2 aliphatic rings. The van der Waals surface area contributed by atoms with Crippen LogP contribution in [0.5, 0.6) is 0 Å². The van der Waals surface area contributed by atoms with Crippen molar-refractivity contribution in [1.82, 2.24) is 4.90 Å². The zero-order valence-electron chi connectivity index (χ0n) is 8.70. The first-order chi connectivity index (χ1) is 6.85. The van der Waals surface area contributed by atoms with Crippen molar-refractivity contribution in [2.24, 2.45) is 0 Å². The van der Waals surface area contributed by atoms with Gasteiger partial charge in [0.2, 0.25) is 0 Å².